The van der Waals surface area contributed by atoms with E-state index >= 15 is 0 Å². The molecular weight excluding hydrogens is 494 g/mol. The molecule has 1 aliphatic heterocycles. The molecular formula is C30H33N5O4. The highest BCUT2D eigenvalue weighted by molar-refractivity contribution is 6.05. The second-order valence-corrected chi connectivity index (χ2v) is 9.52. The monoisotopic (exact) mass is 527 g/mol. The minimum Gasteiger partial charge on any atom is -0.462 e. The van der Waals surface area contributed by atoms with Gasteiger partial charge in [0.05, 0.1) is 23.4 Å². The highest BCUT2D eigenvalue weighted by Gasteiger charge is 2.27. The number of anilines is 2. The van der Waals surface area contributed by atoms with Crippen LogP contribution in [-0.4, -0.2) is 40.4 Å². The van der Waals surface area contributed by atoms with E-state index in [1.54, 1.807) is 6.92 Å². The Hall–Kier alpha value is -4.40. The van der Waals surface area contributed by atoms with E-state index in [1.807, 2.05) is 49.4 Å². The van der Waals surface area contributed by atoms with Gasteiger partial charge in [-0.05, 0) is 50.3 Å². The van der Waals surface area contributed by atoms with Crippen molar-refractivity contribution in [2.45, 2.75) is 46.3 Å². The van der Waals surface area contributed by atoms with Gasteiger partial charge in [-0.3, -0.25) is 4.79 Å². The van der Waals surface area contributed by atoms with Crippen LogP contribution < -0.4 is 20.6 Å². The van der Waals surface area contributed by atoms with Crippen LogP contribution in [0.5, 0.6) is 0 Å². The summed E-state index contributed by atoms with van der Waals surface area (Å²) in [6.45, 7) is 6.19. The lowest BCUT2D eigenvalue weighted by Crippen LogP contribution is -2.34. The molecule has 0 atom stereocenters. The molecule has 2 aromatic heterocycles. The lowest BCUT2D eigenvalue weighted by molar-refractivity contribution is 0.0513. The predicted octanol–water partition coefficient (Wildman–Crippen LogP) is 4.51. The van der Waals surface area contributed by atoms with Gasteiger partial charge in [-0.25, -0.2) is 14.8 Å². The molecule has 2 aromatic carbocycles. The quantitative estimate of drug-likeness (QED) is 0.318. The first-order chi connectivity index (χ1) is 19.1. The number of nitrogens with one attached hydrogen (secondary N) is 1. The number of aryl methyl sites for hydroxylation is 1. The van der Waals surface area contributed by atoms with Crippen molar-refractivity contribution >= 4 is 28.4 Å². The van der Waals surface area contributed by atoms with E-state index in [0.717, 1.165) is 47.5 Å². The molecule has 0 amide bonds. The normalized spacial score (nSPS) is 13.3. The van der Waals surface area contributed by atoms with Crippen LogP contribution in [0.1, 0.15) is 53.4 Å². The van der Waals surface area contributed by atoms with Crippen LogP contribution in [0.2, 0.25) is 0 Å². The van der Waals surface area contributed by atoms with Crippen molar-refractivity contribution in [3.8, 4) is 0 Å². The fourth-order valence-corrected chi connectivity index (χ4v) is 5.03. The zero-order valence-corrected chi connectivity index (χ0v) is 22.4. The lowest BCUT2D eigenvalue weighted by Gasteiger charge is -2.31. The van der Waals surface area contributed by atoms with E-state index in [2.05, 4.69) is 32.3 Å². The van der Waals surface area contributed by atoms with E-state index in [1.165, 1.54) is 12.7 Å². The summed E-state index contributed by atoms with van der Waals surface area (Å²) in [6.07, 6.45) is 4.96. The number of fused-ring (bicyclic) bond motifs is 1. The summed E-state index contributed by atoms with van der Waals surface area (Å²) in [7, 11) is 0. The molecule has 9 nitrogen and oxygen atoms in total. The largest absolute Gasteiger partial charge is 0.462 e. The second-order valence-electron chi connectivity index (χ2n) is 9.52. The summed E-state index contributed by atoms with van der Waals surface area (Å²) in [5.41, 5.74) is 3.56. The van der Waals surface area contributed by atoms with Gasteiger partial charge in [-0.2, -0.15) is 0 Å². The van der Waals surface area contributed by atoms with Gasteiger partial charge in [0, 0.05) is 25.3 Å². The smallest absolute Gasteiger partial charge is 0.346 e. The van der Waals surface area contributed by atoms with Crippen molar-refractivity contribution in [3.63, 3.8) is 0 Å². The Morgan fingerprint density at radius 3 is 2.51 bits per heavy atom. The summed E-state index contributed by atoms with van der Waals surface area (Å²) in [6, 6.07) is 17.7. The van der Waals surface area contributed by atoms with Gasteiger partial charge < -0.3 is 19.8 Å². The highest BCUT2D eigenvalue weighted by atomic mass is 16.7. The van der Waals surface area contributed by atoms with Crippen molar-refractivity contribution < 1.29 is 14.4 Å². The zero-order valence-electron chi connectivity index (χ0n) is 22.4. The molecule has 1 aliphatic rings. The number of ether oxygens (including phenoxy) is 1. The number of esters is 1. The molecule has 1 fully saturated rings. The number of carbonyl (C=O) groups excluding carboxylic acids is 1. The van der Waals surface area contributed by atoms with Gasteiger partial charge in [-0.1, -0.05) is 48.5 Å². The fraction of sp³-hybridized carbons (Fsp3) is 0.333. The SMILES string of the molecule is CCOC(=O)c1c(NCc2ccccc2N2CCCCC2)c2c(C)ncnc2n(OCc2ccccc2)c1=O. The molecule has 0 bridgehead atoms. The summed E-state index contributed by atoms with van der Waals surface area (Å²) in [5, 5.41) is 3.93. The first-order valence-corrected chi connectivity index (χ1v) is 13.4. The van der Waals surface area contributed by atoms with Crippen LogP contribution in [-0.2, 0) is 17.9 Å². The number of para-hydroxylation sites is 1. The Morgan fingerprint density at radius 1 is 1.00 bits per heavy atom. The van der Waals surface area contributed by atoms with E-state index in [9.17, 15) is 9.59 Å². The molecule has 1 N–H and O–H groups in total. The van der Waals surface area contributed by atoms with E-state index < -0.39 is 11.5 Å². The first kappa shape index (κ1) is 26.2. The third kappa shape index (κ3) is 5.57. The molecule has 0 spiro atoms. The topological polar surface area (TPSA) is 98.6 Å². The number of hydrogen-bond donors (Lipinski definition) is 1. The molecule has 9 heteroatoms. The molecule has 0 saturated carbocycles. The molecule has 3 heterocycles. The number of pyridine rings is 1. The Balaban J connectivity index is 1.59. The minimum atomic E-state index is -0.725. The Labute approximate surface area is 227 Å². The number of piperidine rings is 1. The molecule has 0 aliphatic carbocycles. The number of benzene rings is 2. The van der Waals surface area contributed by atoms with Crippen molar-refractivity contribution in [1.82, 2.24) is 14.7 Å². The average molecular weight is 528 g/mol. The van der Waals surface area contributed by atoms with Gasteiger partial charge >= 0.3 is 11.5 Å². The highest BCUT2D eigenvalue weighted by Crippen LogP contribution is 2.29. The van der Waals surface area contributed by atoms with Crippen LogP contribution in [0.4, 0.5) is 11.4 Å². The predicted molar refractivity (Wildman–Crippen MR) is 151 cm³/mol. The molecule has 1 saturated heterocycles. The Bertz CT molecular complexity index is 1510. The number of aromatic nitrogens is 3. The summed E-state index contributed by atoms with van der Waals surface area (Å²) >= 11 is 0. The summed E-state index contributed by atoms with van der Waals surface area (Å²) in [5.74, 6) is -0.725. The standard InChI is InChI=1S/C30H33N5O4/c1-3-38-30(37)26-27(31-18-23-14-8-9-15-24(23)34-16-10-5-11-17-34)25-21(2)32-20-33-28(25)35(29(26)36)39-19-22-12-6-4-7-13-22/h4,6-9,12-15,20,31H,3,5,10-11,16-19H2,1-2H3. The van der Waals surface area contributed by atoms with Crippen LogP contribution in [0, 0.1) is 6.92 Å². The Morgan fingerprint density at radius 2 is 1.74 bits per heavy atom. The number of carbonyl (C=O) groups is 1. The van der Waals surface area contributed by atoms with Gasteiger partial charge in [0.2, 0.25) is 0 Å². The van der Waals surface area contributed by atoms with Crippen LogP contribution in [0.25, 0.3) is 11.0 Å². The number of nitrogens with zero attached hydrogens (tertiary/aromatic N) is 4. The Kier molecular flexibility index (Phi) is 8.05. The van der Waals surface area contributed by atoms with Crippen molar-refractivity contribution in [3.05, 3.63) is 93.7 Å². The fourth-order valence-electron chi connectivity index (χ4n) is 5.03. The maximum atomic E-state index is 13.8. The number of hydrogen-bond acceptors (Lipinski definition) is 8. The van der Waals surface area contributed by atoms with E-state index in [4.69, 9.17) is 9.57 Å². The second kappa shape index (κ2) is 12.0. The van der Waals surface area contributed by atoms with Gasteiger partial charge in [0.15, 0.2) is 11.2 Å². The van der Waals surface area contributed by atoms with Crippen LogP contribution in [0.3, 0.4) is 0 Å². The van der Waals surface area contributed by atoms with E-state index in [0.29, 0.717) is 23.3 Å². The third-order valence-electron chi connectivity index (χ3n) is 6.93. The maximum Gasteiger partial charge on any atom is 0.346 e. The van der Waals surface area contributed by atoms with Crippen LogP contribution in [0.15, 0.2) is 65.7 Å². The molecule has 0 unspecified atom stereocenters. The third-order valence-corrected chi connectivity index (χ3v) is 6.93. The van der Waals surface area contributed by atoms with Crippen molar-refractivity contribution in [2.75, 3.05) is 29.9 Å². The molecule has 0 radical (unpaired) electrons. The lowest BCUT2D eigenvalue weighted by atomic mass is 10.1. The summed E-state index contributed by atoms with van der Waals surface area (Å²) < 4.78 is 6.41. The van der Waals surface area contributed by atoms with Gasteiger partial charge in [-0.15, -0.1) is 4.73 Å². The summed E-state index contributed by atoms with van der Waals surface area (Å²) in [4.78, 5) is 44.1. The maximum absolute atomic E-state index is 13.8. The minimum absolute atomic E-state index is 0.122. The molecule has 4 aromatic rings. The first-order valence-electron chi connectivity index (χ1n) is 13.4. The van der Waals surface area contributed by atoms with Crippen molar-refractivity contribution in [1.29, 1.82) is 0 Å². The van der Waals surface area contributed by atoms with Gasteiger partial charge in [0.25, 0.3) is 0 Å². The zero-order chi connectivity index (χ0) is 27.2. The van der Waals surface area contributed by atoms with E-state index in [-0.39, 0.29) is 24.4 Å². The molecule has 5 rings (SSSR count). The van der Waals surface area contributed by atoms with Crippen LogP contribution >= 0.6 is 0 Å². The number of rotatable bonds is 9. The van der Waals surface area contributed by atoms with Gasteiger partial charge in [0.1, 0.15) is 12.9 Å². The van der Waals surface area contributed by atoms with Crippen molar-refractivity contribution in [2.24, 2.45) is 0 Å². The molecule has 202 valence electrons. The average Bonchev–Trinajstić information content (AvgIpc) is 2.97. The molecule has 39 heavy (non-hydrogen) atoms.